The lowest BCUT2D eigenvalue weighted by molar-refractivity contribution is 0.0955. The van der Waals surface area contributed by atoms with E-state index in [1.54, 1.807) is 24.3 Å². The zero-order valence-electron chi connectivity index (χ0n) is 19.6. The highest BCUT2D eigenvalue weighted by Gasteiger charge is 2.28. The quantitative estimate of drug-likeness (QED) is 0.391. The predicted octanol–water partition coefficient (Wildman–Crippen LogP) is 5.19. The molecule has 36 heavy (non-hydrogen) atoms. The second-order valence-corrected chi connectivity index (χ2v) is 8.76. The first-order valence-electron chi connectivity index (χ1n) is 11.8. The summed E-state index contributed by atoms with van der Waals surface area (Å²) < 4.78 is 16.7. The molecule has 2 N–H and O–H groups in total. The van der Waals surface area contributed by atoms with Crippen LogP contribution < -0.4 is 20.2 Å². The van der Waals surface area contributed by atoms with Gasteiger partial charge in [-0.3, -0.25) is 9.59 Å². The Morgan fingerprint density at radius 1 is 0.917 bits per heavy atom. The van der Waals surface area contributed by atoms with Gasteiger partial charge in [0.25, 0.3) is 11.8 Å². The van der Waals surface area contributed by atoms with Gasteiger partial charge in [0.2, 0.25) is 6.79 Å². The second-order valence-electron chi connectivity index (χ2n) is 8.76. The van der Waals surface area contributed by atoms with Crippen molar-refractivity contribution in [3.8, 4) is 11.5 Å². The maximum atomic E-state index is 13.0. The van der Waals surface area contributed by atoms with E-state index in [0.29, 0.717) is 52.6 Å². The average Bonchev–Trinajstić information content (AvgIpc) is 3.51. The van der Waals surface area contributed by atoms with E-state index in [0.717, 1.165) is 22.8 Å². The van der Waals surface area contributed by atoms with Crippen molar-refractivity contribution in [1.29, 1.82) is 0 Å². The van der Waals surface area contributed by atoms with Gasteiger partial charge in [-0.15, -0.1) is 0 Å². The molecule has 2 heterocycles. The smallest absolute Gasteiger partial charge is 0.291 e. The molecule has 8 nitrogen and oxygen atoms in total. The van der Waals surface area contributed by atoms with Crippen LogP contribution in [0, 0.1) is 6.92 Å². The van der Waals surface area contributed by atoms with Crippen LogP contribution >= 0.6 is 0 Å². The van der Waals surface area contributed by atoms with Gasteiger partial charge < -0.3 is 19.2 Å². The third kappa shape index (κ3) is 3.86. The number of rotatable bonds is 4. The van der Waals surface area contributed by atoms with Gasteiger partial charge in [-0.2, -0.15) is 5.10 Å². The first-order valence-corrected chi connectivity index (χ1v) is 11.8. The van der Waals surface area contributed by atoms with Crippen LogP contribution in [0.1, 0.15) is 50.6 Å². The molecule has 2 amide bonds. The van der Waals surface area contributed by atoms with E-state index < -0.39 is 0 Å². The minimum atomic E-state index is -0.361. The van der Waals surface area contributed by atoms with Crippen molar-refractivity contribution < 1.29 is 23.5 Å². The van der Waals surface area contributed by atoms with Crippen LogP contribution in [0.25, 0.3) is 10.8 Å². The molecule has 6 rings (SSSR count). The molecular formula is C28H23N3O5. The van der Waals surface area contributed by atoms with Crippen molar-refractivity contribution in [2.45, 2.75) is 26.2 Å². The molecule has 0 atom stereocenters. The fourth-order valence-electron chi connectivity index (χ4n) is 4.76. The maximum absolute atomic E-state index is 13.0. The number of benzene rings is 3. The van der Waals surface area contributed by atoms with Gasteiger partial charge in [0.05, 0.1) is 5.71 Å². The summed E-state index contributed by atoms with van der Waals surface area (Å²) in [6.07, 6.45) is 2.18. The fourth-order valence-corrected chi connectivity index (χ4v) is 4.76. The number of nitrogens with one attached hydrogen (secondary N) is 2. The van der Waals surface area contributed by atoms with Gasteiger partial charge in [0.1, 0.15) is 5.76 Å². The number of hydrogen-bond donors (Lipinski definition) is 2. The van der Waals surface area contributed by atoms with Gasteiger partial charge in [-0.25, -0.2) is 5.43 Å². The van der Waals surface area contributed by atoms with Gasteiger partial charge >= 0.3 is 0 Å². The van der Waals surface area contributed by atoms with E-state index in [9.17, 15) is 9.59 Å². The number of fused-ring (bicyclic) bond motifs is 3. The molecule has 2 aliphatic rings. The van der Waals surface area contributed by atoms with Crippen LogP contribution in [0.4, 0.5) is 5.69 Å². The number of anilines is 1. The molecule has 180 valence electrons. The molecule has 0 radical (unpaired) electrons. The fraction of sp³-hybridized carbons (Fsp3) is 0.179. The van der Waals surface area contributed by atoms with Gasteiger partial charge in [-0.05, 0) is 48.7 Å². The molecule has 8 heteroatoms. The molecule has 0 saturated heterocycles. The van der Waals surface area contributed by atoms with Crippen LogP contribution in [0.2, 0.25) is 0 Å². The Labute approximate surface area is 206 Å². The molecular weight excluding hydrogens is 458 g/mol. The Hall–Kier alpha value is -4.59. The van der Waals surface area contributed by atoms with Crippen LogP contribution in [0.3, 0.4) is 0 Å². The van der Waals surface area contributed by atoms with Crippen LogP contribution in [-0.2, 0) is 6.42 Å². The number of aryl methyl sites for hydroxylation is 1. The Bertz CT molecular complexity index is 1550. The first-order chi connectivity index (χ1) is 17.6. The molecule has 0 fully saturated rings. The summed E-state index contributed by atoms with van der Waals surface area (Å²) in [6.45, 7) is 2.00. The number of carbonyl (C=O) groups is 2. The summed E-state index contributed by atoms with van der Waals surface area (Å²) in [7, 11) is 0. The third-order valence-corrected chi connectivity index (χ3v) is 6.49. The summed E-state index contributed by atoms with van der Waals surface area (Å²) in [5.74, 6) is 1.51. The number of furan rings is 1. The number of hydrogen-bond acceptors (Lipinski definition) is 6. The average molecular weight is 482 g/mol. The van der Waals surface area contributed by atoms with Crippen molar-refractivity contribution in [2.75, 3.05) is 12.1 Å². The molecule has 0 bridgehead atoms. The van der Waals surface area contributed by atoms with Crippen LogP contribution in [-0.4, -0.2) is 24.3 Å². The van der Waals surface area contributed by atoms with Gasteiger partial charge in [-0.1, -0.05) is 36.4 Å². The van der Waals surface area contributed by atoms with Gasteiger partial charge in [0, 0.05) is 34.9 Å². The van der Waals surface area contributed by atoms with Crippen molar-refractivity contribution >= 4 is 34.0 Å². The third-order valence-electron chi connectivity index (χ3n) is 6.49. The zero-order chi connectivity index (χ0) is 24.6. The first kappa shape index (κ1) is 21.9. The lowest BCUT2D eigenvalue weighted by Gasteiger charge is -2.13. The largest absolute Gasteiger partial charge is 0.455 e. The molecule has 1 aromatic heterocycles. The normalized spacial score (nSPS) is 15.1. The van der Waals surface area contributed by atoms with Crippen molar-refractivity contribution in [1.82, 2.24) is 5.43 Å². The highest BCUT2D eigenvalue weighted by molar-refractivity contribution is 6.11. The minimum absolute atomic E-state index is 0.163. The monoisotopic (exact) mass is 481 g/mol. The summed E-state index contributed by atoms with van der Waals surface area (Å²) in [5.41, 5.74) is 6.03. The van der Waals surface area contributed by atoms with E-state index in [-0.39, 0.29) is 24.4 Å². The van der Waals surface area contributed by atoms with Crippen molar-refractivity contribution in [3.05, 3.63) is 88.9 Å². The van der Waals surface area contributed by atoms with E-state index in [1.165, 1.54) is 0 Å². The van der Waals surface area contributed by atoms with E-state index in [1.807, 2.05) is 43.3 Å². The molecule has 1 aliphatic carbocycles. The van der Waals surface area contributed by atoms with Crippen molar-refractivity contribution in [3.63, 3.8) is 0 Å². The summed E-state index contributed by atoms with van der Waals surface area (Å²) in [5, 5.41) is 9.18. The molecule has 4 aromatic rings. The summed E-state index contributed by atoms with van der Waals surface area (Å²) >= 11 is 0. The predicted molar refractivity (Wildman–Crippen MR) is 135 cm³/mol. The maximum Gasteiger partial charge on any atom is 0.291 e. The lowest BCUT2D eigenvalue weighted by atomic mass is 9.93. The SMILES string of the molecule is Cc1c(C(=O)Nc2ccc3c(c2)OCO3)oc2c1/C(=N/NC(=O)c1cccc3ccccc13)CCC2. The standard InChI is InChI=1S/C28H23N3O5/c1-16-25-21(30-31-27(32)20-9-4-7-17-6-2-3-8-19(17)20)10-5-11-23(25)36-26(16)28(33)29-18-12-13-22-24(14-18)35-15-34-22/h2-4,6-9,12-14H,5,10-11,15H2,1H3,(H,29,33)(H,31,32)/b30-21+. The summed E-state index contributed by atoms with van der Waals surface area (Å²) in [4.78, 5) is 26.0. The molecule has 0 saturated carbocycles. The Morgan fingerprint density at radius 2 is 1.75 bits per heavy atom. The second kappa shape index (κ2) is 8.88. The van der Waals surface area contributed by atoms with E-state index >= 15 is 0 Å². The Kier molecular flexibility index (Phi) is 5.41. The summed E-state index contributed by atoms with van der Waals surface area (Å²) in [6, 6.07) is 18.6. The molecule has 3 aromatic carbocycles. The number of hydrazone groups is 1. The lowest BCUT2D eigenvalue weighted by Crippen LogP contribution is -2.22. The zero-order valence-corrected chi connectivity index (χ0v) is 19.6. The molecule has 1 aliphatic heterocycles. The number of nitrogens with zero attached hydrogens (tertiary/aromatic N) is 1. The molecule has 0 spiro atoms. The highest BCUT2D eigenvalue weighted by Crippen LogP contribution is 2.35. The Morgan fingerprint density at radius 3 is 2.67 bits per heavy atom. The van der Waals surface area contributed by atoms with Crippen molar-refractivity contribution in [2.24, 2.45) is 5.10 Å². The minimum Gasteiger partial charge on any atom is -0.455 e. The number of carbonyl (C=O) groups excluding carboxylic acids is 2. The van der Waals surface area contributed by atoms with E-state index in [4.69, 9.17) is 13.9 Å². The number of amides is 2. The molecule has 0 unspecified atom stereocenters. The van der Waals surface area contributed by atoms with Crippen LogP contribution in [0.5, 0.6) is 11.5 Å². The van der Waals surface area contributed by atoms with Gasteiger partial charge in [0.15, 0.2) is 17.3 Å². The number of ether oxygens (including phenoxy) is 2. The topological polar surface area (TPSA) is 102 Å². The van der Waals surface area contributed by atoms with E-state index in [2.05, 4.69) is 15.8 Å². The van der Waals surface area contributed by atoms with Crippen LogP contribution in [0.15, 0.2) is 70.2 Å². The highest BCUT2D eigenvalue weighted by atomic mass is 16.7. The Balaban J connectivity index is 1.25.